The number of nitrogens with one attached hydrogen (secondary N) is 1. The molecule has 128 valence electrons. The predicted octanol–water partition coefficient (Wildman–Crippen LogP) is 3.90. The van der Waals surface area contributed by atoms with Crippen LogP contribution in [0.15, 0.2) is 48.8 Å². The minimum Gasteiger partial charge on any atom is -0.487 e. The van der Waals surface area contributed by atoms with Gasteiger partial charge in [-0.1, -0.05) is 23.7 Å². The molecule has 1 heterocycles. The van der Waals surface area contributed by atoms with E-state index in [-0.39, 0.29) is 18.2 Å². The maximum absolute atomic E-state index is 12.3. The van der Waals surface area contributed by atoms with E-state index in [1.807, 2.05) is 38.1 Å². The lowest BCUT2D eigenvalue weighted by molar-refractivity contribution is 0.179. The molecule has 0 saturated carbocycles. The van der Waals surface area contributed by atoms with Gasteiger partial charge in [-0.2, -0.15) is 0 Å². The van der Waals surface area contributed by atoms with Crippen molar-refractivity contribution >= 4 is 17.6 Å². The van der Waals surface area contributed by atoms with E-state index in [4.69, 9.17) is 16.3 Å². The largest absolute Gasteiger partial charge is 0.487 e. The average molecular weight is 348 g/mol. The molecular formula is C18H22ClN3O2. The number of amides is 2. The van der Waals surface area contributed by atoms with Crippen LogP contribution in [0, 0.1) is 0 Å². The van der Waals surface area contributed by atoms with Crippen molar-refractivity contribution in [2.24, 2.45) is 0 Å². The van der Waals surface area contributed by atoms with Crippen LogP contribution < -0.4 is 10.1 Å². The zero-order chi connectivity index (χ0) is 17.5. The summed E-state index contributed by atoms with van der Waals surface area (Å²) in [6.45, 7) is 4.24. The van der Waals surface area contributed by atoms with E-state index in [1.54, 1.807) is 36.5 Å². The highest BCUT2D eigenvalue weighted by Crippen LogP contribution is 2.24. The van der Waals surface area contributed by atoms with Crippen molar-refractivity contribution in [2.45, 2.75) is 26.0 Å². The van der Waals surface area contributed by atoms with Crippen LogP contribution in [0.25, 0.3) is 0 Å². The van der Waals surface area contributed by atoms with Crippen molar-refractivity contribution in [1.29, 1.82) is 0 Å². The van der Waals surface area contributed by atoms with Crippen molar-refractivity contribution in [3.05, 3.63) is 59.4 Å². The second-order valence-electron chi connectivity index (χ2n) is 5.61. The van der Waals surface area contributed by atoms with Crippen molar-refractivity contribution in [3.8, 4) is 5.75 Å². The van der Waals surface area contributed by atoms with Gasteiger partial charge in [0, 0.05) is 19.4 Å². The summed E-state index contributed by atoms with van der Waals surface area (Å²) in [5.41, 5.74) is 1.03. The summed E-state index contributed by atoms with van der Waals surface area (Å²) in [6.07, 6.45) is 3.24. The number of halogens is 1. The Morgan fingerprint density at radius 1 is 1.25 bits per heavy atom. The third kappa shape index (κ3) is 4.86. The van der Waals surface area contributed by atoms with E-state index in [1.165, 1.54) is 0 Å². The van der Waals surface area contributed by atoms with Gasteiger partial charge >= 0.3 is 6.03 Å². The molecule has 1 N–H and O–H groups in total. The molecule has 2 amide bonds. The summed E-state index contributed by atoms with van der Waals surface area (Å²) in [4.78, 5) is 17.9. The molecule has 2 atom stereocenters. The molecule has 0 aliphatic rings. The molecule has 0 saturated heterocycles. The zero-order valence-corrected chi connectivity index (χ0v) is 14.8. The second-order valence-corrected chi connectivity index (χ2v) is 6.02. The predicted molar refractivity (Wildman–Crippen MR) is 95.4 cm³/mol. The Morgan fingerprint density at radius 3 is 2.58 bits per heavy atom. The van der Waals surface area contributed by atoms with Gasteiger partial charge in [0.05, 0.1) is 17.6 Å². The van der Waals surface area contributed by atoms with Crippen LogP contribution in [0.1, 0.15) is 25.5 Å². The number of rotatable bonds is 6. The quantitative estimate of drug-likeness (QED) is 0.862. The van der Waals surface area contributed by atoms with Gasteiger partial charge in [0.2, 0.25) is 0 Å². The van der Waals surface area contributed by atoms with Gasteiger partial charge in [0.15, 0.2) is 0 Å². The number of carbonyl (C=O) groups is 1. The van der Waals surface area contributed by atoms with Crippen molar-refractivity contribution in [2.75, 3.05) is 13.6 Å². The van der Waals surface area contributed by atoms with E-state index in [2.05, 4.69) is 10.3 Å². The first-order valence-corrected chi connectivity index (χ1v) is 8.18. The van der Waals surface area contributed by atoms with Gasteiger partial charge in [0.25, 0.3) is 0 Å². The number of aromatic nitrogens is 1. The van der Waals surface area contributed by atoms with Crippen LogP contribution in [-0.2, 0) is 0 Å². The highest BCUT2D eigenvalue weighted by atomic mass is 35.5. The molecule has 0 bridgehead atoms. The molecular weight excluding hydrogens is 326 g/mol. The van der Waals surface area contributed by atoms with Crippen molar-refractivity contribution in [3.63, 3.8) is 0 Å². The number of ether oxygens (including phenoxy) is 1. The lowest BCUT2D eigenvalue weighted by atomic mass is 10.1. The van der Waals surface area contributed by atoms with E-state index < -0.39 is 0 Å². The number of urea groups is 1. The normalized spacial score (nSPS) is 13.0. The maximum Gasteiger partial charge on any atom is 0.317 e. The fourth-order valence-electron chi connectivity index (χ4n) is 2.20. The number of para-hydroxylation sites is 1. The van der Waals surface area contributed by atoms with Gasteiger partial charge in [0.1, 0.15) is 11.9 Å². The second kappa shape index (κ2) is 8.55. The van der Waals surface area contributed by atoms with Gasteiger partial charge in [-0.05, 0) is 43.7 Å². The van der Waals surface area contributed by atoms with Crippen LogP contribution in [-0.4, -0.2) is 35.6 Å². The molecule has 0 spiro atoms. The van der Waals surface area contributed by atoms with Gasteiger partial charge in [-0.3, -0.25) is 4.98 Å². The van der Waals surface area contributed by atoms with Crippen molar-refractivity contribution < 1.29 is 9.53 Å². The standard InChI is InChI=1S/C18H22ClN3O2/c1-13(24-17-7-5-4-6-16(17)19)12-21-18(23)22(3)14(2)15-8-10-20-11-9-15/h4-11,13-14H,12H2,1-3H3,(H,21,23)/t13-,14-/m0/s1. The van der Waals surface area contributed by atoms with E-state index >= 15 is 0 Å². The van der Waals surface area contributed by atoms with E-state index in [0.29, 0.717) is 17.3 Å². The summed E-state index contributed by atoms with van der Waals surface area (Å²) in [7, 11) is 1.76. The Balaban J connectivity index is 1.85. The number of nitrogens with zero attached hydrogens (tertiary/aromatic N) is 2. The zero-order valence-electron chi connectivity index (χ0n) is 14.1. The van der Waals surface area contributed by atoms with Crippen LogP contribution in [0.2, 0.25) is 5.02 Å². The SMILES string of the molecule is C[C@@H](CNC(=O)N(C)[C@@H](C)c1ccncc1)Oc1ccccc1Cl. The molecule has 2 aromatic rings. The summed E-state index contributed by atoms with van der Waals surface area (Å²) in [6, 6.07) is 10.9. The Hall–Kier alpha value is -2.27. The monoisotopic (exact) mass is 347 g/mol. The fraction of sp³-hybridized carbons (Fsp3) is 0.333. The minimum absolute atomic E-state index is 0.0483. The molecule has 1 aromatic heterocycles. The molecule has 6 heteroatoms. The topological polar surface area (TPSA) is 54.5 Å². The number of benzene rings is 1. The fourth-order valence-corrected chi connectivity index (χ4v) is 2.38. The molecule has 0 fully saturated rings. The summed E-state index contributed by atoms with van der Waals surface area (Å²) < 4.78 is 5.75. The van der Waals surface area contributed by atoms with Gasteiger partial charge in [-0.25, -0.2) is 4.79 Å². The van der Waals surface area contributed by atoms with Crippen LogP contribution in [0.3, 0.4) is 0 Å². The number of hydrogen-bond donors (Lipinski definition) is 1. The molecule has 2 rings (SSSR count). The molecule has 0 radical (unpaired) electrons. The molecule has 0 unspecified atom stereocenters. The molecule has 1 aromatic carbocycles. The average Bonchev–Trinajstić information content (AvgIpc) is 2.61. The Bertz CT molecular complexity index is 666. The lowest BCUT2D eigenvalue weighted by Crippen LogP contribution is -2.42. The third-order valence-electron chi connectivity index (χ3n) is 3.80. The number of pyridine rings is 1. The van der Waals surface area contributed by atoms with E-state index in [9.17, 15) is 4.79 Å². The number of hydrogen-bond acceptors (Lipinski definition) is 3. The molecule has 0 aliphatic heterocycles. The van der Waals surface area contributed by atoms with Gasteiger partial charge < -0.3 is 15.0 Å². The van der Waals surface area contributed by atoms with Crippen molar-refractivity contribution in [1.82, 2.24) is 15.2 Å². The van der Waals surface area contributed by atoms with Gasteiger partial charge in [-0.15, -0.1) is 0 Å². The van der Waals surface area contributed by atoms with Crippen LogP contribution in [0.4, 0.5) is 4.79 Å². The summed E-state index contributed by atoms with van der Waals surface area (Å²) >= 11 is 6.07. The minimum atomic E-state index is -0.196. The van der Waals surface area contributed by atoms with Crippen LogP contribution >= 0.6 is 11.6 Å². The molecule has 0 aliphatic carbocycles. The maximum atomic E-state index is 12.3. The third-order valence-corrected chi connectivity index (χ3v) is 4.11. The highest BCUT2D eigenvalue weighted by Gasteiger charge is 2.18. The summed E-state index contributed by atoms with van der Waals surface area (Å²) in [5, 5.41) is 3.43. The Morgan fingerprint density at radius 2 is 1.92 bits per heavy atom. The first kappa shape index (κ1) is 18.1. The molecule has 24 heavy (non-hydrogen) atoms. The van der Waals surface area contributed by atoms with Crippen LogP contribution in [0.5, 0.6) is 5.75 Å². The smallest absolute Gasteiger partial charge is 0.317 e. The Kier molecular flexibility index (Phi) is 6.44. The number of carbonyl (C=O) groups excluding carboxylic acids is 1. The highest BCUT2D eigenvalue weighted by molar-refractivity contribution is 6.32. The lowest BCUT2D eigenvalue weighted by Gasteiger charge is -2.26. The summed E-state index contributed by atoms with van der Waals surface area (Å²) in [5.74, 6) is 0.611. The molecule has 5 nitrogen and oxygen atoms in total. The first-order chi connectivity index (χ1) is 11.5. The Labute approximate surface area is 147 Å². The first-order valence-electron chi connectivity index (χ1n) is 7.80. The van der Waals surface area contributed by atoms with E-state index in [0.717, 1.165) is 5.56 Å².